The highest BCUT2D eigenvalue weighted by atomic mass is 127. The van der Waals surface area contributed by atoms with Crippen LogP contribution in [0.2, 0.25) is 0 Å². The van der Waals surface area contributed by atoms with Gasteiger partial charge >= 0.3 is 0 Å². The third-order valence-corrected chi connectivity index (χ3v) is 5.35. The molecule has 2 heterocycles. The highest BCUT2D eigenvalue weighted by Crippen LogP contribution is 2.18. The van der Waals surface area contributed by atoms with E-state index in [0.29, 0.717) is 24.7 Å². The summed E-state index contributed by atoms with van der Waals surface area (Å²) in [5.74, 6) is 0.704. The summed E-state index contributed by atoms with van der Waals surface area (Å²) in [6.07, 6.45) is 5.65. The van der Waals surface area contributed by atoms with Gasteiger partial charge in [0.1, 0.15) is 0 Å². The molecule has 0 aromatic heterocycles. The third kappa shape index (κ3) is 6.91. The Morgan fingerprint density at radius 2 is 1.63 bits per heavy atom. The fourth-order valence-corrected chi connectivity index (χ4v) is 4.09. The number of hydrogen-bond donors (Lipinski definition) is 1. The number of nitrogens with two attached hydrogens (primary N) is 1. The summed E-state index contributed by atoms with van der Waals surface area (Å²) in [5.41, 5.74) is 8.91. The Labute approximate surface area is 181 Å². The van der Waals surface area contributed by atoms with Crippen LogP contribution in [0, 0.1) is 0 Å². The van der Waals surface area contributed by atoms with Crippen LogP contribution >= 0.6 is 24.0 Å². The molecule has 0 radical (unpaired) electrons. The van der Waals surface area contributed by atoms with Gasteiger partial charge in [-0.25, -0.2) is 4.99 Å². The number of morpholine rings is 1. The molecule has 3 rings (SSSR count). The lowest BCUT2D eigenvalue weighted by Gasteiger charge is -2.35. The average molecular weight is 486 g/mol. The largest absolute Gasteiger partial charge is 0.373 e. The van der Waals surface area contributed by atoms with Gasteiger partial charge in [-0.1, -0.05) is 37.1 Å². The highest BCUT2D eigenvalue weighted by molar-refractivity contribution is 14.0. The number of likely N-dealkylation sites (tertiary alicyclic amines) is 1. The number of hydrogen-bond acceptors (Lipinski definition) is 3. The van der Waals surface area contributed by atoms with Gasteiger partial charge in [-0.3, -0.25) is 4.90 Å². The summed E-state index contributed by atoms with van der Waals surface area (Å²) in [6, 6.07) is 8.62. The van der Waals surface area contributed by atoms with Crippen molar-refractivity contribution in [3.63, 3.8) is 0 Å². The second-order valence-corrected chi connectivity index (χ2v) is 7.80. The van der Waals surface area contributed by atoms with E-state index in [1.807, 2.05) is 0 Å². The molecule has 2 unspecified atom stereocenters. The molecule has 152 valence electrons. The average Bonchev–Trinajstić information content (AvgIpc) is 2.89. The van der Waals surface area contributed by atoms with Gasteiger partial charge in [-0.2, -0.15) is 0 Å². The second-order valence-electron chi connectivity index (χ2n) is 7.80. The van der Waals surface area contributed by atoms with Crippen LogP contribution in [0.5, 0.6) is 0 Å². The van der Waals surface area contributed by atoms with Gasteiger partial charge in [0.15, 0.2) is 5.96 Å². The molecule has 0 saturated carbocycles. The van der Waals surface area contributed by atoms with Crippen LogP contribution in [0.15, 0.2) is 29.3 Å². The van der Waals surface area contributed by atoms with Gasteiger partial charge in [-0.05, 0) is 37.8 Å². The lowest BCUT2D eigenvalue weighted by atomic mass is 10.1. The molecule has 0 aliphatic carbocycles. The number of benzene rings is 1. The Morgan fingerprint density at radius 3 is 2.26 bits per heavy atom. The van der Waals surface area contributed by atoms with E-state index in [0.717, 1.165) is 32.7 Å². The van der Waals surface area contributed by atoms with Crippen molar-refractivity contribution in [1.29, 1.82) is 0 Å². The van der Waals surface area contributed by atoms with Crippen molar-refractivity contribution < 1.29 is 4.74 Å². The first-order valence-electron chi connectivity index (χ1n) is 10.1. The Hall–Kier alpha value is -0.860. The van der Waals surface area contributed by atoms with E-state index in [1.54, 1.807) is 0 Å². The minimum absolute atomic E-state index is 0. The molecule has 2 aliphatic heterocycles. The highest BCUT2D eigenvalue weighted by Gasteiger charge is 2.22. The normalized spacial score (nSPS) is 25.0. The summed E-state index contributed by atoms with van der Waals surface area (Å²) in [4.78, 5) is 9.46. The Balaban J connectivity index is 0.00000261. The third-order valence-electron chi connectivity index (χ3n) is 5.35. The number of guanidine groups is 1. The molecule has 27 heavy (non-hydrogen) atoms. The van der Waals surface area contributed by atoms with E-state index < -0.39 is 0 Å². The number of rotatable bonds is 4. The second kappa shape index (κ2) is 11.2. The monoisotopic (exact) mass is 486 g/mol. The molecule has 2 N–H and O–H groups in total. The maximum Gasteiger partial charge on any atom is 0.191 e. The van der Waals surface area contributed by atoms with Crippen molar-refractivity contribution in [2.75, 3.05) is 26.2 Å². The minimum atomic E-state index is 0. The van der Waals surface area contributed by atoms with E-state index in [9.17, 15) is 0 Å². The van der Waals surface area contributed by atoms with Gasteiger partial charge in [0.2, 0.25) is 0 Å². The first-order chi connectivity index (χ1) is 12.6. The molecule has 2 fully saturated rings. The van der Waals surface area contributed by atoms with Gasteiger partial charge in [-0.15, -0.1) is 24.0 Å². The standard InChI is InChI=1S/C21H34N4O.HI/c1-17-14-24(15-18(2)26-17)16-20-10-6-5-9-19(20)13-23-21(22)25-11-7-3-4-8-12-25;/h5-6,9-10,17-18H,3-4,7-8,11-16H2,1-2H3,(H2,22,23);1H. The van der Waals surface area contributed by atoms with E-state index in [1.165, 1.54) is 36.8 Å². The first-order valence-corrected chi connectivity index (χ1v) is 10.1. The molecule has 2 aliphatic rings. The summed E-state index contributed by atoms with van der Waals surface area (Å²) >= 11 is 0. The predicted molar refractivity (Wildman–Crippen MR) is 123 cm³/mol. The van der Waals surface area contributed by atoms with E-state index in [2.05, 4.69) is 47.9 Å². The van der Waals surface area contributed by atoms with E-state index in [4.69, 9.17) is 15.5 Å². The lowest BCUT2D eigenvalue weighted by Crippen LogP contribution is -2.44. The van der Waals surface area contributed by atoms with Crippen LogP contribution in [0.1, 0.15) is 50.7 Å². The zero-order valence-electron chi connectivity index (χ0n) is 16.8. The van der Waals surface area contributed by atoms with Crippen molar-refractivity contribution in [1.82, 2.24) is 9.80 Å². The molecule has 0 amide bonds. The van der Waals surface area contributed by atoms with Crippen LogP contribution in [-0.4, -0.2) is 54.1 Å². The zero-order valence-corrected chi connectivity index (χ0v) is 19.1. The van der Waals surface area contributed by atoms with Crippen molar-refractivity contribution >= 4 is 29.9 Å². The molecular formula is C21H35IN4O. The predicted octanol–water partition coefficient (Wildman–Crippen LogP) is 3.60. The van der Waals surface area contributed by atoms with Crippen LogP contribution in [-0.2, 0) is 17.8 Å². The number of aliphatic imine (C=N–C) groups is 1. The van der Waals surface area contributed by atoms with Crippen molar-refractivity contribution in [2.24, 2.45) is 10.7 Å². The minimum Gasteiger partial charge on any atom is -0.373 e. The molecule has 1 aromatic carbocycles. The maximum atomic E-state index is 6.29. The Morgan fingerprint density at radius 1 is 1.04 bits per heavy atom. The summed E-state index contributed by atoms with van der Waals surface area (Å²) in [7, 11) is 0. The fraction of sp³-hybridized carbons (Fsp3) is 0.667. The molecular weight excluding hydrogens is 451 g/mol. The van der Waals surface area contributed by atoms with Gasteiger partial charge < -0.3 is 15.4 Å². The van der Waals surface area contributed by atoms with Crippen molar-refractivity contribution in [3.05, 3.63) is 35.4 Å². The van der Waals surface area contributed by atoms with Gasteiger partial charge in [0.25, 0.3) is 0 Å². The molecule has 0 bridgehead atoms. The molecule has 2 saturated heterocycles. The maximum absolute atomic E-state index is 6.29. The quantitative estimate of drug-likeness (QED) is 0.402. The smallest absolute Gasteiger partial charge is 0.191 e. The summed E-state index contributed by atoms with van der Waals surface area (Å²) in [5, 5.41) is 0. The molecule has 6 heteroatoms. The van der Waals surface area contributed by atoms with Gasteiger partial charge in [0.05, 0.1) is 18.8 Å². The molecule has 0 spiro atoms. The SMILES string of the molecule is CC1CN(Cc2ccccc2CN=C(N)N2CCCCCC2)CC(C)O1.I. The van der Waals surface area contributed by atoms with Crippen LogP contribution in [0.25, 0.3) is 0 Å². The topological polar surface area (TPSA) is 54.1 Å². The molecule has 5 nitrogen and oxygen atoms in total. The number of halogens is 1. The first kappa shape index (κ1) is 22.4. The molecule has 1 aromatic rings. The zero-order chi connectivity index (χ0) is 18.4. The number of nitrogens with zero attached hydrogens (tertiary/aromatic N) is 3. The van der Waals surface area contributed by atoms with Crippen molar-refractivity contribution in [3.8, 4) is 0 Å². The van der Waals surface area contributed by atoms with E-state index in [-0.39, 0.29) is 24.0 Å². The number of ether oxygens (including phenoxy) is 1. The Bertz CT molecular complexity index is 592. The van der Waals surface area contributed by atoms with Crippen LogP contribution < -0.4 is 5.73 Å². The van der Waals surface area contributed by atoms with Crippen LogP contribution in [0.3, 0.4) is 0 Å². The van der Waals surface area contributed by atoms with Crippen LogP contribution in [0.4, 0.5) is 0 Å². The van der Waals surface area contributed by atoms with E-state index >= 15 is 0 Å². The summed E-state index contributed by atoms with van der Waals surface area (Å²) < 4.78 is 5.86. The van der Waals surface area contributed by atoms with Crippen molar-refractivity contribution in [2.45, 2.75) is 64.8 Å². The Kier molecular flexibility index (Phi) is 9.32. The molecule has 2 atom stereocenters. The fourth-order valence-electron chi connectivity index (χ4n) is 4.09. The summed E-state index contributed by atoms with van der Waals surface area (Å²) in [6.45, 7) is 9.97. The lowest BCUT2D eigenvalue weighted by molar-refractivity contribution is -0.0705. The van der Waals surface area contributed by atoms with Gasteiger partial charge in [0, 0.05) is 32.7 Å².